The molecule has 0 aromatic heterocycles. The molecule has 0 spiro atoms. The first kappa shape index (κ1) is 14.6. The first-order valence-corrected chi connectivity index (χ1v) is 6.66. The van der Waals surface area contributed by atoms with Crippen molar-refractivity contribution >= 4 is 17.6 Å². The normalized spacial score (nSPS) is 11.0. The lowest BCUT2D eigenvalue weighted by molar-refractivity contribution is -0.119. The second-order valence-corrected chi connectivity index (χ2v) is 4.45. The van der Waals surface area contributed by atoms with Crippen LogP contribution in [0.2, 0.25) is 0 Å². The highest BCUT2D eigenvalue weighted by atomic mass is 16.1. The molecule has 108 valence electrons. The number of carbonyl (C=O) groups excluding carboxylic acids is 1. The minimum Gasteiger partial charge on any atom is -0.370 e. The van der Waals surface area contributed by atoms with Gasteiger partial charge in [-0.15, -0.1) is 0 Å². The molecule has 4 N–H and O–H groups in total. The van der Waals surface area contributed by atoms with Gasteiger partial charge in [0.25, 0.3) is 0 Å². The Balaban J connectivity index is 1.76. The number of anilines is 1. The van der Waals surface area contributed by atoms with Gasteiger partial charge in [-0.3, -0.25) is 4.79 Å². The number of hydrogen-bond donors (Lipinski definition) is 3. The number of rotatable bonds is 5. The number of carbonyl (C=O) groups is 1. The van der Waals surface area contributed by atoms with Crippen LogP contribution in [0.3, 0.4) is 0 Å². The third kappa shape index (κ3) is 5.36. The predicted molar refractivity (Wildman–Crippen MR) is 84.8 cm³/mol. The van der Waals surface area contributed by atoms with Crippen LogP contribution in [-0.2, 0) is 11.3 Å². The van der Waals surface area contributed by atoms with E-state index >= 15 is 0 Å². The summed E-state index contributed by atoms with van der Waals surface area (Å²) < 4.78 is 0. The number of amides is 1. The number of nitrogens with one attached hydrogen (secondary N) is 2. The third-order valence-electron chi connectivity index (χ3n) is 2.77. The van der Waals surface area contributed by atoms with E-state index in [1.807, 2.05) is 60.7 Å². The SMILES string of the molecule is NC(=NCC(=O)NCc1ccccc1)Nc1ccccc1. The molecule has 0 radical (unpaired) electrons. The topological polar surface area (TPSA) is 79.5 Å². The second-order valence-electron chi connectivity index (χ2n) is 4.45. The minimum absolute atomic E-state index is 0.00149. The standard InChI is InChI=1S/C16H18N4O/c17-16(20-14-9-5-2-6-10-14)19-12-15(21)18-11-13-7-3-1-4-8-13/h1-10H,11-12H2,(H,18,21)(H3,17,19,20). The molecule has 0 unspecified atom stereocenters. The van der Waals surface area contributed by atoms with Gasteiger partial charge in [0.15, 0.2) is 5.96 Å². The van der Waals surface area contributed by atoms with Gasteiger partial charge in [-0.25, -0.2) is 4.99 Å². The van der Waals surface area contributed by atoms with Crippen molar-refractivity contribution in [3.63, 3.8) is 0 Å². The van der Waals surface area contributed by atoms with Crippen molar-refractivity contribution < 1.29 is 4.79 Å². The fraction of sp³-hybridized carbons (Fsp3) is 0.125. The molecule has 0 heterocycles. The summed E-state index contributed by atoms with van der Waals surface area (Å²) in [6.45, 7) is 0.486. The molecule has 0 bridgehead atoms. The molecular formula is C16H18N4O. The summed E-state index contributed by atoms with van der Waals surface area (Å²) >= 11 is 0. The molecule has 2 aromatic rings. The molecule has 0 saturated carbocycles. The van der Waals surface area contributed by atoms with Gasteiger partial charge < -0.3 is 16.4 Å². The van der Waals surface area contributed by atoms with Crippen LogP contribution < -0.4 is 16.4 Å². The van der Waals surface area contributed by atoms with Crippen LogP contribution >= 0.6 is 0 Å². The maximum Gasteiger partial charge on any atom is 0.242 e. The number of para-hydroxylation sites is 1. The molecule has 0 aliphatic heterocycles. The summed E-state index contributed by atoms with van der Waals surface area (Å²) in [4.78, 5) is 15.7. The lowest BCUT2D eigenvalue weighted by atomic mass is 10.2. The Kier molecular flexibility index (Phi) is 5.34. The van der Waals surface area contributed by atoms with Gasteiger partial charge in [-0.1, -0.05) is 48.5 Å². The lowest BCUT2D eigenvalue weighted by Gasteiger charge is -2.06. The molecule has 5 nitrogen and oxygen atoms in total. The summed E-state index contributed by atoms with van der Waals surface area (Å²) in [5, 5.41) is 5.71. The van der Waals surface area contributed by atoms with Crippen LogP contribution in [-0.4, -0.2) is 18.4 Å². The number of aliphatic imine (C=N–C) groups is 1. The zero-order valence-corrected chi connectivity index (χ0v) is 11.6. The summed E-state index contributed by atoms with van der Waals surface area (Å²) in [6, 6.07) is 19.1. The van der Waals surface area contributed by atoms with Crippen molar-refractivity contribution in [2.24, 2.45) is 10.7 Å². The van der Waals surface area contributed by atoms with Crippen LogP contribution in [0, 0.1) is 0 Å². The fourth-order valence-corrected chi connectivity index (χ4v) is 1.72. The summed E-state index contributed by atoms with van der Waals surface area (Å²) in [7, 11) is 0. The number of benzene rings is 2. The predicted octanol–water partition coefficient (Wildman–Crippen LogP) is 1.73. The third-order valence-corrected chi connectivity index (χ3v) is 2.77. The van der Waals surface area contributed by atoms with E-state index in [0.29, 0.717) is 6.54 Å². The highest BCUT2D eigenvalue weighted by Gasteiger charge is 2.00. The van der Waals surface area contributed by atoms with Crippen LogP contribution in [0.25, 0.3) is 0 Å². The molecule has 0 saturated heterocycles. The van der Waals surface area contributed by atoms with Gasteiger partial charge in [-0.05, 0) is 17.7 Å². The van der Waals surface area contributed by atoms with Gasteiger partial charge in [0.05, 0.1) is 0 Å². The molecule has 1 amide bonds. The number of nitrogens with two attached hydrogens (primary N) is 1. The molecular weight excluding hydrogens is 264 g/mol. The molecule has 0 aliphatic carbocycles. The Morgan fingerprint density at radius 1 is 1.00 bits per heavy atom. The average Bonchev–Trinajstić information content (AvgIpc) is 2.53. The monoisotopic (exact) mass is 282 g/mol. The van der Waals surface area contributed by atoms with E-state index < -0.39 is 0 Å². The van der Waals surface area contributed by atoms with Crippen molar-refractivity contribution in [3.8, 4) is 0 Å². The Labute approximate surface area is 123 Å². The van der Waals surface area contributed by atoms with Crippen LogP contribution in [0.1, 0.15) is 5.56 Å². The highest BCUT2D eigenvalue weighted by Crippen LogP contribution is 2.03. The van der Waals surface area contributed by atoms with E-state index in [1.165, 1.54) is 0 Å². The quantitative estimate of drug-likeness (QED) is 0.577. The van der Waals surface area contributed by atoms with Gasteiger partial charge in [0.2, 0.25) is 5.91 Å². The van der Waals surface area contributed by atoms with Crippen LogP contribution in [0.4, 0.5) is 5.69 Å². The zero-order valence-electron chi connectivity index (χ0n) is 11.6. The van der Waals surface area contributed by atoms with Gasteiger partial charge in [0, 0.05) is 12.2 Å². The smallest absolute Gasteiger partial charge is 0.242 e. The molecule has 0 fully saturated rings. The van der Waals surface area contributed by atoms with Crippen molar-refractivity contribution in [2.75, 3.05) is 11.9 Å². The van der Waals surface area contributed by atoms with E-state index in [2.05, 4.69) is 15.6 Å². The molecule has 0 atom stereocenters. The Morgan fingerprint density at radius 2 is 1.62 bits per heavy atom. The van der Waals surface area contributed by atoms with Crippen molar-refractivity contribution in [1.82, 2.24) is 5.32 Å². The maximum absolute atomic E-state index is 11.7. The fourth-order valence-electron chi connectivity index (χ4n) is 1.72. The number of guanidine groups is 1. The summed E-state index contributed by atoms with van der Waals surface area (Å²) in [5.74, 6) is 0.0488. The lowest BCUT2D eigenvalue weighted by Crippen LogP contribution is -2.28. The van der Waals surface area contributed by atoms with Crippen molar-refractivity contribution in [1.29, 1.82) is 0 Å². The van der Waals surface area contributed by atoms with Gasteiger partial charge >= 0.3 is 0 Å². The van der Waals surface area contributed by atoms with Crippen LogP contribution in [0.15, 0.2) is 65.7 Å². The Bertz CT molecular complexity index is 596. The van der Waals surface area contributed by atoms with Crippen molar-refractivity contribution in [3.05, 3.63) is 66.2 Å². The molecule has 5 heteroatoms. The minimum atomic E-state index is -0.170. The number of nitrogens with zero attached hydrogens (tertiary/aromatic N) is 1. The molecule has 0 aliphatic rings. The molecule has 21 heavy (non-hydrogen) atoms. The second kappa shape index (κ2) is 7.69. The Morgan fingerprint density at radius 3 is 2.29 bits per heavy atom. The summed E-state index contributed by atoms with van der Waals surface area (Å²) in [6.07, 6.45) is 0. The highest BCUT2D eigenvalue weighted by molar-refractivity contribution is 5.93. The van der Waals surface area contributed by atoms with E-state index in [-0.39, 0.29) is 18.4 Å². The maximum atomic E-state index is 11.7. The first-order valence-electron chi connectivity index (χ1n) is 6.66. The van der Waals surface area contributed by atoms with E-state index in [4.69, 9.17) is 5.73 Å². The van der Waals surface area contributed by atoms with Crippen molar-refractivity contribution in [2.45, 2.75) is 6.54 Å². The average molecular weight is 282 g/mol. The van der Waals surface area contributed by atoms with E-state index in [9.17, 15) is 4.79 Å². The molecule has 2 aromatic carbocycles. The summed E-state index contributed by atoms with van der Waals surface area (Å²) in [5.41, 5.74) is 7.60. The first-order chi connectivity index (χ1) is 10.2. The van der Waals surface area contributed by atoms with Gasteiger partial charge in [-0.2, -0.15) is 0 Å². The largest absolute Gasteiger partial charge is 0.370 e. The zero-order chi connectivity index (χ0) is 14.9. The molecule has 2 rings (SSSR count). The number of hydrogen-bond acceptors (Lipinski definition) is 2. The Hall–Kier alpha value is -2.82. The van der Waals surface area contributed by atoms with E-state index in [1.54, 1.807) is 0 Å². The van der Waals surface area contributed by atoms with Gasteiger partial charge in [0.1, 0.15) is 6.54 Å². The van der Waals surface area contributed by atoms with E-state index in [0.717, 1.165) is 11.3 Å². The van der Waals surface area contributed by atoms with Crippen LogP contribution in [0.5, 0.6) is 0 Å².